The molecule has 0 aromatic heterocycles. The molecular weight excluding hydrogens is 229 g/mol. The third-order valence-corrected chi connectivity index (χ3v) is 0.183. The summed E-state index contributed by atoms with van der Waals surface area (Å²) >= 11 is 0. The van der Waals surface area contributed by atoms with Crippen LogP contribution in [-0.4, -0.2) is 22.2 Å². The molecule has 0 heterocycles. The summed E-state index contributed by atoms with van der Waals surface area (Å²) in [4.78, 5) is 18.2. The van der Waals surface area contributed by atoms with Gasteiger partial charge < -0.3 is 10.2 Å². The molecular formula is C2H2O4Pr. The second-order valence-electron chi connectivity index (χ2n) is 0.610. The molecule has 0 aliphatic heterocycles. The van der Waals surface area contributed by atoms with Gasteiger partial charge in [0.05, 0.1) is 0 Å². The SMILES string of the molecule is O=C(O)C(=O)O.[Pr]. The number of rotatable bonds is 0. The third kappa shape index (κ3) is 6.30. The molecule has 0 aromatic carbocycles. The van der Waals surface area contributed by atoms with Gasteiger partial charge >= 0.3 is 11.9 Å². The van der Waals surface area contributed by atoms with Gasteiger partial charge in [0.2, 0.25) is 0 Å². The van der Waals surface area contributed by atoms with Crippen LogP contribution >= 0.6 is 0 Å². The van der Waals surface area contributed by atoms with Crippen LogP contribution in [0.15, 0.2) is 0 Å². The van der Waals surface area contributed by atoms with Crippen molar-refractivity contribution in [2.45, 2.75) is 0 Å². The van der Waals surface area contributed by atoms with Crippen molar-refractivity contribution in [1.29, 1.82) is 0 Å². The predicted molar refractivity (Wildman–Crippen MR) is 15.3 cm³/mol. The van der Waals surface area contributed by atoms with Crippen LogP contribution in [-0.2, 0) is 9.59 Å². The zero-order valence-corrected chi connectivity index (χ0v) is 6.99. The van der Waals surface area contributed by atoms with E-state index >= 15 is 0 Å². The van der Waals surface area contributed by atoms with E-state index in [0.717, 1.165) is 0 Å². The second-order valence-corrected chi connectivity index (χ2v) is 0.610. The van der Waals surface area contributed by atoms with Gasteiger partial charge in [0.1, 0.15) is 0 Å². The average Bonchev–Trinajstić information content (AvgIpc) is 1.36. The van der Waals surface area contributed by atoms with E-state index in [1.54, 1.807) is 0 Å². The van der Waals surface area contributed by atoms with Crippen LogP contribution in [0.2, 0.25) is 0 Å². The number of carboxylic acids is 2. The summed E-state index contributed by atoms with van der Waals surface area (Å²) in [5.41, 5.74) is 0. The summed E-state index contributed by atoms with van der Waals surface area (Å²) < 4.78 is 0. The Morgan fingerprint density at radius 2 is 1.14 bits per heavy atom. The molecule has 0 atom stereocenters. The van der Waals surface area contributed by atoms with Gasteiger partial charge in [-0.25, -0.2) is 9.59 Å². The van der Waals surface area contributed by atoms with Crippen LogP contribution in [0.3, 0.4) is 0 Å². The standard InChI is InChI=1S/C2H2O4.Pr/c3-1(4)2(5)6;/h(H,3,4)(H,5,6);. The maximum absolute atomic E-state index is 9.10. The number of carboxylic acid groups (broad SMARTS) is 2. The minimum atomic E-state index is -1.82. The van der Waals surface area contributed by atoms with Crippen molar-refractivity contribution in [3.63, 3.8) is 0 Å². The maximum atomic E-state index is 9.10. The smallest absolute Gasteiger partial charge is 0.414 e. The van der Waals surface area contributed by atoms with Crippen molar-refractivity contribution in [3.05, 3.63) is 0 Å². The number of hydrogen-bond donors (Lipinski definition) is 2. The van der Waals surface area contributed by atoms with E-state index in [1.165, 1.54) is 0 Å². The largest absolute Gasteiger partial charge is 0.473 e. The summed E-state index contributed by atoms with van der Waals surface area (Å²) in [5.74, 6) is -3.65. The van der Waals surface area contributed by atoms with E-state index in [9.17, 15) is 0 Å². The Labute approximate surface area is 72.5 Å². The quantitative estimate of drug-likeness (QED) is 0.533. The summed E-state index contributed by atoms with van der Waals surface area (Å²) in [6, 6.07) is 0. The molecule has 0 bridgehead atoms. The minimum Gasteiger partial charge on any atom is -0.473 e. The molecule has 0 unspecified atom stereocenters. The van der Waals surface area contributed by atoms with Gasteiger partial charge in [-0.05, 0) is 0 Å². The fourth-order valence-corrected chi connectivity index (χ4v) is 0. The first-order chi connectivity index (χ1) is 2.64. The fraction of sp³-hybridized carbons (Fsp3) is 0. The first kappa shape index (κ1) is 10.3. The zero-order valence-electron chi connectivity index (χ0n) is 3.29. The molecule has 0 fully saturated rings. The molecule has 0 aliphatic carbocycles. The van der Waals surface area contributed by atoms with E-state index in [4.69, 9.17) is 19.8 Å². The Kier molecular flexibility index (Phi) is 6.58. The molecule has 5 heteroatoms. The molecule has 0 amide bonds. The predicted octanol–water partition coefficient (Wildman–Crippen LogP) is -0.844. The Morgan fingerprint density at radius 1 is 1.00 bits per heavy atom. The van der Waals surface area contributed by atoms with Gasteiger partial charge in [-0.1, -0.05) is 0 Å². The van der Waals surface area contributed by atoms with Crippen LogP contribution < -0.4 is 0 Å². The van der Waals surface area contributed by atoms with E-state index in [1.807, 2.05) is 0 Å². The normalized spacial score (nSPS) is 6.29. The Balaban J connectivity index is 0. The summed E-state index contributed by atoms with van der Waals surface area (Å²) in [7, 11) is 0. The maximum Gasteiger partial charge on any atom is 0.414 e. The van der Waals surface area contributed by atoms with Crippen LogP contribution in [0.5, 0.6) is 0 Å². The fourth-order valence-electron chi connectivity index (χ4n) is 0. The zero-order chi connectivity index (χ0) is 5.15. The molecule has 0 aromatic rings. The van der Waals surface area contributed by atoms with E-state index in [-0.39, 0.29) is 41.3 Å². The van der Waals surface area contributed by atoms with Gasteiger partial charge in [-0.2, -0.15) is 0 Å². The Bertz CT molecular complexity index is 75.7. The first-order valence-electron chi connectivity index (χ1n) is 1.11. The van der Waals surface area contributed by atoms with Crippen molar-refractivity contribution in [2.75, 3.05) is 0 Å². The Hall–Kier alpha value is 0.304. The summed E-state index contributed by atoms with van der Waals surface area (Å²) in [6.07, 6.45) is 0. The van der Waals surface area contributed by atoms with E-state index in [2.05, 4.69) is 0 Å². The van der Waals surface area contributed by atoms with Crippen LogP contribution in [0.1, 0.15) is 0 Å². The third-order valence-electron chi connectivity index (χ3n) is 0.183. The van der Waals surface area contributed by atoms with Gasteiger partial charge in [0.15, 0.2) is 0 Å². The molecule has 37 valence electrons. The second kappa shape index (κ2) is 4.46. The van der Waals surface area contributed by atoms with Crippen LogP contribution in [0, 0.1) is 41.3 Å². The van der Waals surface area contributed by atoms with Gasteiger partial charge in [0, 0.05) is 41.3 Å². The van der Waals surface area contributed by atoms with Gasteiger partial charge in [0.25, 0.3) is 0 Å². The average molecular weight is 231 g/mol. The molecule has 0 saturated heterocycles. The molecule has 2 N–H and O–H groups in total. The monoisotopic (exact) mass is 231 g/mol. The summed E-state index contributed by atoms with van der Waals surface area (Å²) in [5, 5.41) is 14.8. The molecule has 0 spiro atoms. The number of hydrogen-bond acceptors (Lipinski definition) is 2. The molecule has 0 aliphatic rings. The summed E-state index contributed by atoms with van der Waals surface area (Å²) in [6.45, 7) is 0. The van der Waals surface area contributed by atoms with E-state index < -0.39 is 11.9 Å². The van der Waals surface area contributed by atoms with Crippen LogP contribution in [0.4, 0.5) is 0 Å². The minimum absolute atomic E-state index is 0. The first-order valence-corrected chi connectivity index (χ1v) is 1.11. The molecule has 1 radical (unpaired) electrons. The van der Waals surface area contributed by atoms with Crippen molar-refractivity contribution >= 4 is 11.9 Å². The van der Waals surface area contributed by atoms with Crippen LogP contribution in [0.25, 0.3) is 0 Å². The molecule has 4 nitrogen and oxygen atoms in total. The Morgan fingerprint density at radius 3 is 1.14 bits per heavy atom. The number of carbonyl (C=O) groups is 2. The molecule has 0 saturated carbocycles. The van der Waals surface area contributed by atoms with Crippen molar-refractivity contribution in [2.24, 2.45) is 0 Å². The topological polar surface area (TPSA) is 74.6 Å². The van der Waals surface area contributed by atoms with Crippen molar-refractivity contribution in [1.82, 2.24) is 0 Å². The van der Waals surface area contributed by atoms with E-state index in [0.29, 0.717) is 0 Å². The molecule has 0 rings (SSSR count). The van der Waals surface area contributed by atoms with Crippen molar-refractivity contribution in [3.8, 4) is 0 Å². The van der Waals surface area contributed by atoms with Crippen molar-refractivity contribution < 1.29 is 61.1 Å². The van der Waals surface area contributed by atoms with Gasteiger partial charge in [-0.15, -0.1) is 0 Å². The molecule has 7 heavy (non-hydrogen) atoms. The van der Waals surface area contributed by atoms with Gasteiger partial charge in [-0.3, -0.25) is 0 Å². The number of aliphatic carboxylic acids is 2.